The molecule has 0 N–H and O–H groups in total. The van der Waals surface area contributed by atoms with Gasteiger partial charge in [-0.05, 0) is 42.7 Å². The number of fused-ring (bicyclic) bond motifs is 1. The Hall–Kier alpha value is -1.81. The van der Waals surface area contributed by atoms with Crippen molar-refractivity contribution in [3.05, 3.63) is 47.8 Å². The molecule has 4 rings (SSSR count). The van der Waals surface area contributed by atoms with Crippen LogP contribution in [0, 0.1) is 6.92 Å². The van der Waals surface area contributed by atoms with Gasteiger partial charge in [-0.25, -0.2) is 0 Å². The van der Waals surface area contributed by atoms with Crippen molar-refractivity contribution in [2.75, 3.05) is 0 Å². The van der Waals surface area contributed by atoms with Crippen LogP contribution in [0.1, 0.15) is 30.1 Å². The van der Waals surface area contributed by atoms with Gasteiger partial charge in [-0.15, -0.1) is 22.8 Å². The van der Waals surface area contributed by atoms with Crippen LogP contribution in [0.15, 0.2) is 41.6 Å². The van der Waals surface area contributed by atoms with Crippen LogP contribution in [0.3, 0.4) is 0 Å². The lowest BCUT2D eigenvalue weighted by Gasteiger charge is -2.13. The topological polar surface area (TPSA) is 30.7 Å². The van der Waals surface area contributed by atoms with E-state index in [9.17, 15) is 0 Å². The molecule has 0 amide bonds. The van der Waals surface area contributed by atoms with Crippen molar-refractivity contribution in [3.63, 3.8) is 0 Å². The van der Waals surface area contributed by atoms with E-state index in [4.69, 9.17) is 0 Å². The molecule has 1 aromatic heterocycles. The zero-order valence-corrected chi connectivity index (χ0v) is 12.1. The van der Waals surface area contributed by atoms with Crippen LogP contribution in [0.25, 0.3) is 16.5 Å². The monoisotopic (exact) mass is 281 g/mol. The summed E-state index contributed by atoms with van der Waals surface area (Å²) in [5.41, 5.74) is 2.58. The largest absolute Gasteiger partial charge is 0.274 e. The molecular weight excluding hydrogens is 266 g/mol. The number of aryl methyl sites for hydroxylation is 1. The molecule has 0 unspecified atom stereocenters. The Labute approximate surface area is 123 Å². The summed E-state index contributed by atoms with van der Waals surface area (Å²) in [6, 6.07) is 13.0. The first-order valence-corrected chi connectivity index (χ1v) is 7.33. The maximum atomic E-state index is 4.42. The molecule has 2 aromatic carbocycles. The number of rotatable bonds is 2. The summed E-state index contributed by atoms with van der Waals surface area (Å²) in [5.74, 6) is 1.60. The number of aromatic nitrogens is 3. The number of nitrogens with zero attached hydrogens (tertiary/aromatic N) is 3. The Bertz CT molecular complexity index is 783. The van der Waals surface area contributed by atoms with Gasteiger partial charge in [0.15, 0.2) is 5.16 Å². The first-order valence-electron chi connectivity index (χ1n) is 6.88. The molecule has 3 nitrogen and oxygen atoms in total. The van der Waals surface area contributed by atoms with Gasteiger partial charge in [0.25, 0.3) is 0 Å². The average Bonchev–Trinajstić information content (AvgIpc) is 3.25. The number of hydrogen-bond donors (Lipinski definition) is 1. The SMILES string of the molecule is Cc1nnc(S)n1-c1ccc(C2CC2)c2ccccc12. The van der Waals surface area contributed by atoms with E-state index in [1.54, 1.807) is 0 Å². The summed E-state index contributed by atoms with van der Waals surface area (Å²) >= 11 is 4.42. The summed E-state index contributed by atoms with van der Waals surface area (Å²) in [6.45, 7) is 1.95. The fourth-order valence-corrected chi connectivity index (χ4v) is 3.18. The van der Waals surface area contributed by atoms with Crippen molar-refractivity contribution in [1.29, 1.82) is 0 Å². The van der Waals surface area contributed by atoms with Gasteiger partial charge < -0.3 is 0 Å². The third-order valence-corrected chi connectivity index (χ3v) is 4.29. The predicted molar refractivity (Wildman–Crippen MR) is 82.8 cm³/mol. The second kappa shape index (κ2) is 4.35. The Morgan fingerprint density at radius 2 is 1.80 bits per heavy atom. The molecule has 0 saturated heterocycles. The third kappa shape index (κ3) is 1.75. The van der Waals surface area contributed by atoms with Crippen molar-refractivity contribution < 1.29 is 0 Å². The van der Waals surface area contributed by atoms with E-state index >= 15 is 0 Å². The Morgan fingerprint density at radius 1 is 1.05 bits per heavy atom. The van der Waals surface area contributed by atoms with Crippen molar-refractivity contribution in [1.82, 2.24) is 14.8 Å². The molecule has 0 aliphatic heterocycles. The standard InChI is InChI=1S/C16H15N3S/c1-10-17-18-16(20)19(10)15-9-8-12(11-6-7-11)13-4-2-3-5-14(13)15/h2-5,8-9,11H,6-7H2,1H3,(H,18,20). The first-order chi connectivity index (χ1) is 9.75. The molecular formula is C16H15N3S. The highest BCUT2D eigenvalue weighted by atomic mass is 32.1. The lowest BCUT2D eigenvalue weighted by molar-refractivity contribution is 0.879. The smallest absolute Gasteiger partial charge is 0.192 e. The van der Waals surface area contributed by atoms with Gasteiger partial charge in [-0.1, -0.05) is 30.3 Å². The van der Waals surface area contributed by atoms with E-state index in [-0.39, 0.29) is 0 Å². The van der Waals surface area contributed by atoms with Crippen molar-refractivity contribution in [2.45, 2.75) is 30.8 Å². The van der Waals surface area contributed by atoms with Crippen LogP contribution in [-0.2, 0) is 0 Å². The lowest BCUT2D eigenvalue weighted by atomic mass is 9.99. The van der Waals surface area contributed by atoms with Crippen molar-refractivity contribution in [2.24, 2.45) is 0 Å². The predicted octanol–water partition coefficient (Wildman–Crippen LogP) is 3.90. The highest BCUT2D eigenvalue weighted by Gasteiger charge is 2.26. The van der Waals surface area contributed by atoms with Crippen LogP contribution in [-0.4, -0.2) is 14.8 Å². The molecule has 1 aliphatic rings. The van der Waals surface area contributed by atoms with Crippen LogP contribution in [0.5, 0.6) is 0 Å². The van der Waals surface area contributed by atoms with Crippen LogP contribution in [0.4, 0.5) is 0 Å². The summed E-state index contributed by atoms with van der Waals surface area (Å²) in [5, 5.41) is 11.4. The van der Waals surface area contributed by atoms with Gasteiger partial charge in [-0.2, -0.15) is 0 Å². The Balaban J connectivity index is 2.04. The summed E-state index contributed by atoms with van der Waals surface area (Å²) in [4.78, 5) is 0. The highest BCUT2D eigenvalue weighted by Crippen LogP contribution is 2.44. The van der Waals surface area contributed by atoms with E-state index in [1.165, 1.54) is 29.2 Å². The second-order valence-electron chi connectivity index (χ2n) is 5.38. The zero-order chi connectivity index (χ0) is 13.7. The molecule has 1 fully saturated rings. The van der Waals surface area contributed by atoms with Gasteiger partial charge in [-0.3, -0.25) is 4.57 Å². The molecule has 3 aromatic rings. The summed E-state index contributed by atoms with van der Waals surface area (Å²) < 4.78 is 2.00. The zero-order valence-electron chi connectivity index (χ0n) is 11.2. The lowest BCUT2D eigenvalue weighted by Crippen LogP contribution is -2.00. The fraction of sp³-hybridized carbons (Fsp3) is 0.250. The van der Waals surface area contributed by atoms with Gasteiger partial charge in [0.1, 0.15) is 5.82 Å². The molecule has 0 bridgehead atoms. The molecule has 1 heterocycles. The fourth-order valence-electron chi connectivity index (χ4n) is 2.89. The number of benzene rings is 2. The number of hydrogen-bond acceptors (Lipinski definition) is 3. The molecule has 0 atom stereocenters. The maximum Gasteiger partial charge on any atom is 0.192 e. The molecule has 0 spiro atoms. The minimum Gasteiger partial charge on any atom is -0.274 e. The average molecular weight is 281 g/mol. The van der Waals surface area contributed by atoms with E-state index in [1.807, 2.05) is 11.5 Å². The minimum atomic E-state index is 0.631. The van der Waals surface area contributed by atoms with E-state index in [0.29, 0.717) is 5.16 Å². The van der Waals surface area contributed by atoms with Crippen molar-refractivity contribution in [3.8, 4) is 5.69 Å². The Morgan fingerprint density at radius 3 is 2.45 bits per heavy atom. The van der Waals surface area contributed by atoms with E-state index < -0.39 is 0 Å². The Kier molecular flexibility index (Phi) is 2.60. The normalized spacial score (nSPS) is 14.9. The van der Waals surface area contributed by atoms with Crippen LogP contribution < -0.4 is 0 Å². The molecule has 1 saturated carbocycles. The minimum absolute atomic E-state index is 0.631. The van der Waals surface area contributed by atoms with Gasteiger partial charge in [0.05, 0.1) is 5.69 Å². The molecule has 0 radical (unpaired) electrons. The van der Waals surface area contributed by atoms with Gasteiger partial charge in [0.2, 0.25) is 0 Å². The second-order valence-corrected chi connectivity index (χ2v) is 5.78. The highest BCUT2D eigenvalue weighted by molar-refractivity contribution is 7.80. The molecule has 100 valence electrons. The molecule has 4 heteroatoms. The summed E-state index contributed by atoms with van der Waals surface area (Å²) in [7, 11) is 0. The van der Waals surface area contributed by atoms with Gasteiger partial charge in [0, 0.05) is 5.39 Å². The maximum absolute atomic E-state index is 4.42. The van der Waals surface area contributed by atoms with Crippen LogP contribution >= 0.6 is 12.6 Å². The number of thiol groups is 1. The third-order valence-electron chi connectivity index (χ3n) is 4.00. The summed E-state index contributed by atoms with van der Waals surface area (Å²) in [6.07, 6.45) is 2.62. The van der Waals surface area contributed by atoms with Crippen LogP contribution in [0.2, 0.25) is 0 Å². The van der Waals surface area contributed by atoms with Crippen molar-refractivity contribution >= 4 is 23.4 Å². The quantitative estimate of drug-likeness (QED) is 0.722. The van der Waals surface area contributed by atoms with Gasteiger partial charge >= 0.3 is 0 Å². The van der Waals surface area contributed by atoms with E-state index in [2.05, 4.69) is 59.2 Å². The van der Waals surface area contributed by atoms with E-state index in [0.717, 1.165) is 17.4 Å². The molecule has 20 heavy (non-hydrogen) atoms. The first kappa shape index (κ1) is 12.0. The molecule has 1 aliphatic carbocycles.